The van der Waals surface area contributed by atoms with Crippen molar-refractivity contribution in [1.29, 1.82) is 0 Å². The molecule has 3 rings (SSSR count). The highest BCUT2D eigenvalue weighted by Gasteiger charge is 2.14. The van der Waals surface area contributed by atoms with Gasteiger partial charge in [0.2, 0.25) is 0 Å². The zero-order valence-electron chi connectivity index (χ0n) is 16.0. The zero-order chi connectivity index (χ0) is 20.6. The van der Waals surface area contributed by atoms with Crippen LogP contribution in [0.5, 0.6) is 11.5 Å². The summed E-state index contributed by atoms with van der Waals surface area (Å²) in [5.41, 5.74) is 1.78. The second kappa shape index (κ2) is 9.32. The van der Waals surface area contributed by atoms with Crippen LogP contribution in [-0.4, -0.2) is 36.0 Å². The van der Waals surface area contributed by atoms with Crippen LogP contribution in [-0.2, 0) is 6.54 Å². The lowest BCUT2D eigenvalue weighted by Crippen LogP contribution is -2.24. The normalized spacial score (nSPS) is 10.1. The molecule has 29 heavy (non-hydrogen) atoms. The summed E-state index contributed by atoms with van der Waals surface area (Å²) >= 11 is 0. The van der Waals surface area contributed by atoms with Crippen molar-refractivity contribution in [3.63, 3.8) is 0 Å². The number of carbonyl (C=O) groups is 2. The molecule has 0 saturated heterocycles. The largest absolute Gasteiger partial charge is 0.497 e. The van der Waals surface area contributed by atoms with Crippen molar-refractivity contribution in [3.8, 4) is 11.5 Å². The average molecular weight is 392 g/mol. The molecule has 0 radical (unpaired) electrons. The first-order valence-corrected chi connectivity index (χ1v) is 8.77. The van der Waals surface area contributed by atoms with Gasteiger partial charge in [-0.2, -0.15) is 0 Å². The van der Waals surface area contributed by atoms with Crippen LogP contribution in [0, 0.1) is 0 Å². The monoisotopic (exact) mass is 392 g/mol. The van der Waals surface area contributed by atoms with Crippen LogP contribution in [0.25, 0.3) is 0 Å². The van der Waals surface area contributed by atoms with Crippen LogP contribution in [0.15, 0.2) is 61.1 Å². The topological polar surface area (TPSA) is 102 Å². The molecular formula is C21H20N4O4. The Bertz CT molecular complexity index is 1010. The first-order chi connectivity index (χ1) is 14.1. The Labute approximate surface area is 167 Å². The number of carbonyl (C=O) groups excluding carboxylic acids is 2. The highest BCUT2D eigenvalue weighted by Crippen LogP contribution is 2.29. The van der Waals surface area contributed by atoms with E-state index in [1.54, 1.807) is 43.8 Å². The molecule has 0 bridgehead atoms. The molecule has 8 heteroatoms. The van der Waals surface area contributed by atoms with Crippen LogP contribution in [0.2, 0.25) is 0 Å². The number of ether oxygens (including phenoxy) is 2. The second-order valence-corrected chi connectivity index (χ2v) is 5.99. The predicted molar refractivity (Wildman–Crippen MR) is 107 cm³/mol. The lowest BCUT2D eigenvalue weighted by Gasteiger charge is -2.12. The molecule has 3 aromatic rings. The van der Waals surface area contributed by atoms with Gasteiger partial charge in [-0.3, -0.25) is 19.6 Å². The van der Waals surface area contributed by atoms with Gasteiger partial charge in [-0.1, -0.05) is 6.07 Å². The Kier molecular flexibility index (Phi) is 6.36. The number of rotatable bonds is 7. The van der Waals surface area contributed by atoms with Crippen molar-refractivity contribution in [2.24, 2.45) is 0 Å². The number of pyridine rings is 2. The molecule has 0 saturated carbocycles. The van der Waals surface area contributed by atoms with E-state index in [4.69, 9.17) is 9.47 Å². The SMILES string of the molecule is COc1ccc(NC(=O)c2ccnc(C(=O)NCc3cccnc3)c2)c(OC)c1. The summed E-state index contributed by atoms with van der Waals surface area (Å²) in [4.78, 5) is 33.0. The molecule has 148 valence electrons. The van der Waals surface area contributed by atoms with Gasteiger partial charge in [0.15, 0.2) is 0 Å². The Morgan fingerprint density at radius 3 is 2.59 bits per heavy atom. The summed E-state index contributed by atoms with van der Waals surface area (Å²) < 4.78 is 10.4. The molecule has 0 aliphatic heterocycles. The average Bonchev–Trinajstić information content (AvgIpc) is 2.78. The van der Waals surface area contributed by atoms with E-state index in [2.05, 4.69) is 20.6 Å². The maximum absolute atomic E-state index is 12.6. The third-order valence-corrected chi connectivity index (χ3v) is 4.09. The van der Waals surface area contributed by atoms with Crippen molar-refractivity contribution < 1.29 is 19.1 Å². The summed E-state index contributed by atoms with van der Waals surface area (Å²) in [6.07, 6.45) is 4.74. The van der Waals surface area contributed by atoms with Crippen molar-refractivity contribution in [2.45, 2.75) is 6.54 Å². The second-order valence-electron chi connectivity index (χ2n) is 5.99. The Morgan fingerprint density at radius 2 is 1.86 bits per heavy atom. The van der Waals surface area contributed by atoms with Crippen molar-refractivity contribution in [3.05, 3.63) is 77.9 Å². The summed E-state index contributed by atoms with van der Waals surface area (Å²) in [7, 11) is 3.05. The predicted octanol–water partition coefficient (Wildman–Crippen LogP) is 2.68. The van der Waals surface area contributed by atoms with E-state index in [0.717, 1.165) is 5.56 Å². The minimum absolute atomic E-state index is 0.142. The van der Waals surface area contributed by atoms with E-state index in [0.29, 0.717) is 29.3 Å². The van der Waals surface area contributed by atoms with Crippen LogP contribution in [0.4, 0.5) is 5.69 Å². The number of hydrogen-bond acceptors (Lipinski definition) is 6. The maximum atomic E-state index is 12.6. The number of anilines is 1. The van der Waals surface area contributed by atoms with Gasteiger partial charge in [-0.15, -0.1) is 0 Å². The fourth-order valence-electron chi connectivity index (χ4n) is 2.57. The number of aromatic nitrogens is 2. The molecule has 1 aromatic carbocycles. The van der Waals surface area contributed by atoms with Crippen LogP contribution >= 0.6 is 0 Å². The van der Waals surface area contributed by atoms with Gasteiger partial charge in [0.1, 0.15) is 17.2 Å². The summed E-state index contributed by atoms with van der Waals surface area (Å²) in [5, 5.41) is 5.52. The Morgan fingerprint density at radius 1 is 1.00 bits per heavy atom. The van der Waals surface area contributed by atoms with Gasteiger partial charge in [-0.05, 0) is 35.9 Å². The number of nitrogens with zero attached hydrogens (tertiary/aromatic N) is 2. The first kappa shape index (κ1) is 19.8. The third-order valence-electron chi connectivity index (χ3n) is 4.09. The molecule has 2 heterocycles. The van der Waals surface area contributed by atoms with Gasteiger partial charge in [-0.25, -0.2) is 0 Å². The number of benzene rings is 1. The van der Waals surface area contributed by atoms with Crippen molar-refractivity contribution >= 4 is 17.5 Å². The third kappa shape index (κ3) is 5.07. The standard InChI is InChI=1S/C21H20N4O4/c1-28-16-5-6-17(19(11-16)29-2)25-20(26)15-7-9-23-18(10-15)21(27)24-13-14-4-3-8-22-12-14/h3-12H,13H2,1-2H3,(H,24,27)(H,25,26). The number of methoxy groups -OCH3 is 2. The molecule has 0 spiro atoms. The van der Waals surface area contributed by atoms with Crippen molar-refractivity contribution in [1.82, 2.24) is 15.3 Å². The molecule has 2 amide bonds. The quantitative estimate of drug-likeness (QED) is 0.641. The van der Waals surface area contributed by atoms with E-state index in [9.17, 15) is 9.59 Å². The Hall–Kier alpha value is -3.94. The van der Waals surface area contributed by atoms with Gasteiger partial charge < -0.3 is 20.1 Å². The maximum Gasteiger partial charge on any atom is 0.270 e. The minimum atomic E-state index is -0.392. The first-order valence-electron chi connectivity index (χ1n) is 8.77. The summed E-state index contributed by atoms with van der Waals surface area (Å²) in [5.74, 6) is 0.292. The molecule has 2 aromatic heterocycles. The van der Waals surface area contributed by atoms with Gasteiger partial charge in [0, 0.05) is 36.8 Å². The van der Waals surface area contributed by atoms with Crippen LogP contribution < -0.4 is 20.1 Å². The van der Waals surface area contributed by atoms with E-state index in [1.807, 2.05) is 6.07 Å². The molecule has 0 fully saturated rings. The number of nitrogens with one attached hydrogen (secondary N) is 2. The Balaban J connectivity index is 1.70. The molecule has 0 atom stereocenters. The smallest absolute Gasteiger partial charge is 0.270 e. The van der Waals surface area contributed by atoms with Gasteiger partial charge in [0.25, 0.3) is 11.8 Å². The number of hydrogen-bond donors (Lipinski definition) is 2. The minimum Gasteiger partial charge on any atom is -0.497 e. The molecule has 2 N–H and O–H groups in total. The fraction of sp³-hybridized carbons (Fsp3) is 0.143. The van der Waals surface area contributed by atoms with E-state index in [1.165, 1.54) is 25.4 Å². The highest BCUT2D eigenvalue weighted by atomic mass is 16.5. The molecule has 0 unspecified atom stereocenters. The van der Waals surface area contributed by atoms with E-state index < -0.39 is 5.91 Å². The van der Waals surface area contributed by atoms with Gasteiger partial charge in [0.05, 0.1) is 19.9 Å². The highest BCUT2D eigenvalue weighted by molar-refractivity contribution is 6.06. The molecule has 0 aliphatic carbocycles. The number of amides is 2. The summed E-state index contributed by atoms with van der Waals surface area (Å²) in [6, 6.07) is 11.7. The fourth-order valence-corrected chi connectivity index (χ4v) is 2.57. The van der Waals surface area contributed by atoms with Crippen molar-refractivity contribution in [2.75, 3.05) is 19.5 Å². The van der Waals surface area contributed by atoms with E-state index in [-0.39, 0.29) is 11.6 Å². The lowest BCUT2D eigenvalue weighted by molar-refractivity contribution is 0.0946. The van der Waals surface area contributed by atoms with E-state index >= 15 is 0 Å². The molecule has 0 aliphatic rings. The summed E-state index contributed by atoms with van der Waals surface area (Å²) in [6.45, 7) is 0.313. The van der Waals surface area contributed by atoms with Crippen LogP contribution in [0.3, 0.4) is 0 Å². The van der Waals surface area contributed by atoms with Gasteiger partial charge >= 0.3 is 0 Å². The molecule has 8 nitrogen and oxygen atoms in total. The van der Waals surface area contributed by atoms with Crippen LogP contribution in [0.1, 0.15) is 26.4 Å². The zero-order valence-corrected chi connectivity index (χ0v) is 16.0. The molecular weight excluding hydrogens is 372 g/mol. The lowest BCUT2D eigenvalue weighted by atomic mass is 10.2.